The average Bonchev–Trinajstić information content (AvgIpc) is 2.73. The summed E-state index contributed by atoms with van der Waals surface area (Å²) in [7, 11) is 0. The first-order chi connectivity index (χ1) is 16.5. The van der Waals surface area contributed by atoms with Crippen LogP contribution in [0.15, 0.2) is 36.4 Å². The Hall–Kier alpha value is -1.35. The predicted molar refractivity (Wildman–Crippen MR) is 137 cm³/mol. The number of rotatable bonds is 10. The molecule has 36 heavy (non-hydrogen) atoms. The zero-order chi connectivity index (χ0) is 27.4. The molecule has 0 bridgehead atoms. The number of aryl methyl sites for hydroxylation is 1. The number of hydrogen-bond acceptors (Lipinski definition) is 2. The zero-order valence-electron chi connectivity index (χ0n) is 19.5. The van der Waals surface area contributed by atoms with Crippen LogP contribution in [-0.4, -0.2) is 29.4 Å². The van der Waals surface area contributed by atoms with Crippen LogP contribution in [0.1, 0.15) is 53.2 Å². The fourth-order valence-electron chi connectivity index (χ4n) is 3.52. The molecular weight excluding hydrogens is 569 g/mol. The van der Waals surface area contributed by atoms with E-state index in [1.807, 2.05) is 0 Å². The summed E-state index contributed by atoms with van der Waals surface area (Å²) in [5.74, 6) is -7.45. The topological polar surface area (TPSA) is 17.1 Å². The van der Waals surface area contributed by atoms with E-state index in [0.717, 1.165) is 6.08 Å². The van der Waals surface area contributed by atoms with Crippen molar-refractivity contribution < 1.29 is 31.1 Å². The second-order valence-corrected chi connectivity index (χ2v) is 10.9. The fourth-order valence-corrected chi connectivity index (χ4v) is 5.00. The van der Waals surface area contributed by atoms with Crippen molar-refractivity contribution in [3.8, 4) is 0 Å². The minimum absolute atomic E-state index is 0.00570. The van der Waals surface area contributed by atoms with E-state index in [9.17, 15) is 26.7 Å². The molecule has 0 saturated carbocycles. The first-order valence-corrected chi connectivity index (χ1v) is 13.0. The number of benzene rings is 2. The van der Waals surface area contributed by atoms with Crippen LogP contribution < -0.4 is 0 Å². The van der Waals surface area contributed by atoms with E-state index in [1.165, 1.54) is 30.3 Å². The molecule has 0 spiro atoms. The molecular formula is C25H23Cl3F6OS. The largest absolute Gasteiger partial charge is 0.397 e. The van der Waals surface area contributed by atoms with Gasteiger partial charge < -0.3 is 0 Å². The van der Waals surface area contributed by atoms with Gasteiger partial charge in [-0.2, -0.15) is 24.9 Å². The lowest BCUT2D eigenvalue weighted by Crippen LogP contribution is -2.21. The number of alkyl halides is 5. The van der Waals surface area contributed by atoms with Gasteiger partial charge in [0.15, 0.2) is 5.78 Å². The number of hydrogen-bond donors (Lipinski definition) is 0. The highest BCUT2D eigenvalue weighted by Gasteiger charge is 2.35. The lowest BCUT2D eigenvalue weighted by molar-refractivity contribution is -0.105. The van der Waals surface area contributed by atoms with E-state index in [4.69, 9.17) is 34.8 Å². The van der Waals surface area contributed by atoms with Crippen LogP contribution in [0.3, 0.4) is 0 Å². The van der Waals surface area contributed by atoms with E-state index in [1.54, 1.807) is 13.8 Å². The number of allylic oxidation sites excluding steroid dienone is 1. The monoisotopic (exact) mass is 590 g/mol. The van der Waals surface area contributed by atoms with Gasteiger partial charge in [-0.1, -0.05) is 53.9 Å². The van der Waals surface area contributed by atoms with Crippen molar-refractivity contribution in [2.24, 2.45) is 5.92 Å². The molecule has 2 rings (SSSR count). The van der Waals surface area contributed by atoms with E-state index in [0.29, 0.717) is 24.2 Å². The highest BCUT2D eigenvalue weighted by molar-refractivity contribution is 7.99. The Balaban J connectivity index is 2.24. The van der Waals surface area contributed by atoms with Crippen LogP contribution in [0, 0.1) is 12.8 Å². The van der Waals surface area contributed by atoms with E-state index < -0.39 is 29.6 Å². The Morgan fingerprint density at radius 2 is 1.64 bits per heavy atom. The van der Waals surface area contributed by atoms with Crippen LogP contribution in [0.25, 0.3) is 5.83 Å². The fraction of sp³-hybridized carbons (Fsp3) is 0.400. The van der Waals surface area contributed by atoms with Crippen molar-refractivity contribution in [2.75, 3.05) is 11.5 Å². The third-order valence-electron chi connectivity index (χ3n) is 5.23. The maximum Gasteiger partial charge on any atom is 0.397 e. The van der Waals surface area contributed by atoms with Crippen molar-refractivity contribution >= 4 is 58.2 Å². The van der Waals surface area contributed by atoms with Gasteiger partial charge >= 0.3 is 6.18 Å². The molecule has 1 unspecified atom stereocenters. The van der Waals surface area contributed by atoms with Crippen LogP contribution in [0.4, 0.5) is 26.3 Å². The van der Waals surface area contributed by atoms with Gasteiger partial charge in [-0.05, 0) is 54.0 Å². The minimum atomic E-state index is -4.27. The summed E-state index contributed by atoms with van der Waals surface area (Å²) in [6.07, 6.45) is -3.50. The summed E-state index contributed by atoms with van der Waals surface area (Å²) in [6.45, 7) is 3.88. The van der Waals surface area contributed by atoms with Gasteiger partial charge in [-0.15, -0.1) is 0 Å². The molecule has 0 heterocycles. The molecule has 11 heteroatoms. The van der Waals surface area contributed by atoms with Gasteiger partial charge in [-0.25, -0.2) is 13.2 Å². The molecule has 2 aromatic carbocycles. The zero-order valence-corrected chi connectivity index (χ0v) is 22.5. The molecule has 0 N–H and O–H groups in total. The third-order valence-corrected chi connectivity index (χ3v) is 7.76. The van der Waals surface area contributed by atoms with Crippen molar-refractivity contribution in [3.05, 3.63) is 73.7 Å². The number of carbonyl (C=O) groups is 1. The Bertz CT molecular complexity index is 1100. The summed E-state index contributed by atoms with van der Waals surface area (Å²) in [5, 5.41) is -0.104. The van der Waals surface area contributed by atoms with Gasteiger partial charge in [0.25, 0.3) is 5.92 Å². The summed E-state index contributed by atoms with van der Waals surface area (Å²) in [4.78, 5) is 12.6. The summed E-state index contributed by atoms with van der Waals surface area (Å²) >= 11 is 18.5. The molecule has 2 aromatic rings. The molecule has 0 amide bonds. The van der Waals surface area contributed by atoms with Gasteiger partial charge in [0.2, 0.25) is 0 Å². The molecule has 2 atom stereocenters. The second kappa shape index (κ2) is 12.5. The standard InChI is InChI=1S/C25H23Cl3F6OS/c1-13(11-36-12-25(32,33)34)6-22(35)17-5-4-15(7-14(17)2)21(29)10-18(24(3,30)31)16-8-19(26)23(28)20(27)9-16/h4-5,7-10,13,18H,6,11-12H2,1-3H3/b21-10-/t13-,18?/m0/s1. The lowest BCUT2D eigenvalue weighted by atomic mass is 9.91. The second-order valence-electron chi connectivity index (χ2n) is 8.64. The van der Waals surface area contributed by atoms with Crippen LogP contribution in [0.5, 0.6) is 0 Å². The first-order valence-electron chi connectivity index (χ1n) is 10.7. The number of ketones is 1. The number of Topliss-reactive ketones (excluding diaryl/α,β-unsaturated/α-hetero) is 1. The predicted octanol–water partition coefficient (Wildman–Crippen LogP) is 10.2. The quantitative estimate of drug-likeness (QED) is 0.155. The molecule has 198 valence electrons. The van der Waals surface area contributed by atoms with Gasteiger partial charge in [-0.3, -0.25) is 4.79 Å². The maximum atomic E-state index is 15.1. The van der Waals surface area contributed by atoms with Crippen LogP contribution in [-0.2, 0) is 0 Å². The van der Waals surface area contributed by atoms with Crippen molar-refractivity contribution in [3.63, 3.8) is 0 Å². The summed E-state index contributed by atoms with van der Waals surface area (Å²) in [5.41, 5.74) is 0.651. The molecule has 0 aliphatic rings. The van der Waals surface area contributed by atoms with Gasteiger partial charge in [0.1, 0.15) is 5.83 Å². The highest BCUT2D eigenvalue weighted by atomic mass is 35.5. The number of halogens is 9. The SMILES string of the molecule is Cc1cc(/C(F)=C/C(c2cc(Cl)c(Cl)c(Cl)c2)C(C)(F)F)ccc1C(=O)C[C@H](C)CSCC(F)(F)F. The van der Waals surface area contributed by atoms with Gasteiger partial charge in [0, 0.05) is 24.5 Å². The molecule has 0 fully saturated rings. The Labute approximate surface area is 225 Å². The smallest absolute Gasteiger partial charge is 0.294 e. The third kappa shape index (κ3) is 8.89. The van der Waals surface area contributed by atoms with Gasteiger partial charge in [0.05, 0.1) is 26.7 Å². The minimum Gasteiger partial charge on any atom is -0.294 e. The van der Waals surface area contributed by atoms with E-state index in [-0.39, 0.29) is 55.6 Å². The Morgan fingerprint density at radius 3 is 2.14 bits per heavy atom. The molecule has 0 aromatic heterocycles. The molecule has 0 saturated heterocycles. The molecule has 1 nitrogen and oxygen atoms in total. The molecule has 0 radical (unpaired) electrons. The number of thioether (sulfide) groups is 1. The molecule has 0 aliphatic carbocycles. The van der Waals surface area contributed by atoms with E-state index >= 15 is 4.39 Å². The Kier molecular flexibility index (Phi) is 10.7. The molecule has 0 aliphatic heterocycles. The van der Waals surface area contributed by atoms with E-state index in [2.05, 4.69) is 0 Å². The average molecular weight is 592 g/mol. The van der Waals surface area contributed by atoms with Crippen molar-refractivity contribution in [1.29, 1.82) is 0 Å². The summed E-state index contributed by atoms with van der Waals surface area (Å²) in [6, 6.07) is 6.42. The van der Waals surface area contributed by atoms with Crippen molar-refractivity contribution in [2.45, 2.75) is 45.2 Å². The normalized spacial score (nSPS) is 14.6. The highest BCUT2D eigenvalue weighted by Crippen LogP contribution is 2.41. The van der Waals surface area contributed by atoms with Crippen molar-refractivity contribution in [1.82, 2.24) is 0 Å². The lowest BCUT2D eigenvalue weighted by Gasteiger charge is -2.22. The number of carbonyl (C=O) groups excluding carboxylic acids is 1. The van der Waals surface area contributed by atoms with Crippen LogP contribution >= 0.6 is 46.6 Å². The first kappa shape index (κ1) is 30.9. The summed E-state index contributed by atoms with van der Waals surface area (Å²) < 4.78 is 80.8. The Morgan fingerprint density at radius 1 is 1.06 bits per heavy atom. The maximum absolute atomic E-state index is 15.1. The van der Waals surface area contributed by atoms with Crippen LogP contribution in [0.2, 0.25) is 15.1 Å².